The lowest BCUT2D eigenvalue weighted by molar-refractivity contribution is -0.164. The summed E-state index contributed by atoms with van der Waals surface area (Å²) in [7, 11) is 0. The summed E-state index contributed by atoms with van der Waals surface area (Å²) in [6, 6.07) is 7.55. The Balaban J connectivity index is 1.82. The lowest BCUT2D eigenvalue weighted by Crippen LogP contribution is -2.40. The van der Waals surface area contributed by atoms with E-state index < -0.39 is 0 Å². The van der Waals surface area contributed by atoms with Crippen molar-refractivity contribution in [3.63, 3.8) is 0 Å². The molecule has 23 heavy (non-hydrogen) atoms. The SMILES string of the molecule is CCC1(OC(C)=O)CCC(OCc2ccc(C(=N)N)cc2)CC1. The Kier molecular flexibility index (Phi) is 5.77. The Bertz CT molecular complexity index is 546. The number of esters is 1. The lowest BCUT2D eigenvalue weighted by Gasteiger charge is -2.38. The van der Waals surface area contributed by atoms with E-state index in [1.54, 1.807) is 0 Å². The molecule has 0 unspecified atom stereocenters. The third-order valence-corrected chi connectivity index (χ3v) is 4.60. The molecule has 1 aromatic carbocycles. The van der Waals surface area contributed by atoms with E-state index in [9.17, 15) is 4.79 Å². The van der Waals surface area contributed by atoms with Gasteiger partial charge in [-0.25, -0.2) is 0 Å². The molecule has 0 aromatic heterocycles. The molecule has 1 saturated carbocycles. The first kappa shape index (κ1) is 17.5. The van der Waals surface area contributed by atoms with Gasteiger partial charge < -0.3 is 15.2 Å². The molecular formula is C18H26N2O3. The number of nitrogens with two attached hydrogens (primary N) is 1. The van der Waals surface area contributed by atoms with E-state index in [0.29, 0.717) is 6.61 Å². The predicted molar refractivity (Wildman–Crippen MR) is 89.3 cm³/mol. The van der Waals surface area contributed by atoms with Crippen molar-refractivity contribution in [2.45, 2.75) is 64.3 Å². The molecule has 0 atom stereocenters. The molecule has 0 amide bonds. The van der Waals surface area contributed by atoms with Crippen LogP contribution in [0.4, 0.5) is 0 Å². The Hall–Kier alpha value is -1.88. The number of carbonyl (C=O) groups is 1. The van der Waals surface area contributed by atoms with Crippen LogP contribution in [-0.2, 0) is 20.9 Å². The van der Waals surface area contributed by atoms with Crippen LogP contribution in [0.1, 0.15) is 57.1 Å². The monoisotopic (exact) mass is 318 g/mol. The van der Waals surface area contributed by atoms with Crippen LogP contribution in [0.2, 0.25) is 0 Å². The van der Waals surface area contributed by atoms with Gasteiger partial charge in [0.2, 0.25) is 0 Å². The fourth-order valence-corrected chi connectivity index (χ4v) is 3.11. The molecule has 0 aliphatic heterocycles. The average Bonchev–Trinajstić information content (AvgIpc) is 2.54. The van der Waals surface area contributed by atoms with Gasteiger partial charge in [-0.05, 0) is 37.7 Å². The molecule has 1 aromatic rings. The number of hydrogen-bond donors (Lipinski definition) is 2. The maximum Gasteiger partial charge on any atom is 0.303 e. The summed E-state index contributed by atoms with van der Waals surface area (Å²) < 4.78 is 11.5. The van der Waals surface area contributed by atoms with E-state index in [4.69, 9.17) is 20.6 Å². The van der Waals surface area contributed by atoms with E-state index >= 15 is 0 Å². The summed E-state index contributed by atoms with van der Waals surface area (Å²) in [6.45, 7) is 4.10. The molecule has 5 nitrogen and oxygen atoms in total. The van der Waals surface area contributed by atoms with Crippen molar-refractivity contribution in [2.24, 2.45) is 5.73 Å². The van der Waals surface area contributed by atoms with Crippen molar-refractivity contribution in [1.29, 1.82) is 5.41 Å². The second kappa shape index (κ2) is 7.59. The zero-order valence-corrected chi connectivity index (χ0v) is 13.9. The highest BCUT2D eigenvalue weighted by molar-refractivity contribution is 5.94. The number of benzene rings is 1. The molecule has 0 spiro atoms. The number of hydrogen-bond acceptors (Lipinski definition) is 4. The summed E-state index contributed by atoms with van der Waals surface area (Å²) in [5.74, 6) is -0.122. The van der Waals surface area contributed by atoms with Gasteiger partial charge in [-0.2, -0.15) is 0 Å². The van der Waals surface area contributed by atoms with Gasteiger partial charge in [-0.1, -0.05) is 31.2 Å². The smallest absolute Gasteiger partial charge is 0.303 e. The van der Waals surface area contributed by atoms with E-state index in [-0.39, 0.29) is 23.5 Å². The van der Waals surface area contributed by atoms with Crippen molar-refractivity contribution >= 4 is 11.8 Å². The van der Waals surface area contributed by atoms with Crippen LogP contribution in [0.15, 0.2) is 24.3 Å². The maximum atomic E-state index is 11.3. The summed E-state index contributed by atoms with van der Waals surface area (Å²) in [5, 5.41) is 7.38. The summed E-state index contributed by atoms with van der Waals surface area (Å²) >= 11 is 0. The number of carbonyl (C=O) groups excluding carboxylic acids is 1. The average molecular weight is 318 g/mol. The molecular weight excluding hydrogens is 292 g/mol. The Labute approximate surface area is 137 Å². The molecule has 2 rings (SSSR count). The second-order valence-corrected chi connectivity index (χ2v) is 6.25. The minimum absolute atomic E-state index is 0.0751. The summed E-state index contributed by atoms with van der Waals surface area (Å²) in [4.78, 5) is 11.3. The van der Waals surface area contributed by atoms with Crippen LogP contribution in [0.25, 0.3) is 0 Å². The van der Waals surface area contributed by atoms with Crippen LogP contribution in [-0.4, -0.2) is 23.5 Å². The zero-order chi connectivity index (χ0) is 16.9. The molecule has 1 aliphatic rings. The van der Waals surface area contributed by atoms with Crippen LogP contribution in [0.3, 0.4) is 0 Å². The normalized spacial score (nSPS) is 24.2. The molecule has 1 fully saturated rings. The highest BCUT2D eigenvalue weighted by atomic mass is 16.6. The largest absolute Gasteiger partial charge is 0.459 e. The zero-order valence-electron chi connectivity index (χ0n) is 13.9. The van der Waals surface area contributed by atoms with Gasteiger partial charge in [-0.15, -0.1) is 0 Å². The van der Waals surface area contributed by atoms with Crippen molar-refractivity contribution in [1.82, 2.24) is 0 Å². The fraction of sp³-hybridized carbons (Fsp3) is 0.556. The molecule has 1 aliphatic carbocycles. The molecule has 5 heteroatoms. The molecule has 0 saturated heterocycles. The first-order valence-electron chi connectivity index (χ1n) is 8.18. The van der Waals surface area contributed by atoms with Crippen LogP contribution in [0.5, 0.6) is 0 Å². The first-order valence-corrected chi connectivity index (χ1v) is 8.18. The minimum atomic E-state index is -0.297. The maximum absolute atomic E-state index is 11.3. The quantitative estimate of drug-likeness (QED) is 0.479. The van der Waals surface area contributed by atoms with Crippen LogP contribution < -0.4 is 5.73 Å². The van der Waals surface area contributed by atoms with Gasteiger partial charge in [0.15, 0.2) is 0 Å². The first-order chi connectivity index (χ1) is 10.9. The molecule has 0 bridgehead atoms. The minimum Gasteiger partial charge on any atom is -0.459 e. The highest BCUT2D eigenvalue weighted by Gasteiger charge is 2.36. The second-order valence-electron chi connectivity index (χ2n) is 6.25. The van der Waals surface area contributed by atoms with Crippen molar-refractivity contribution < 1.29 is 14.3 Å². The standard InChI is InChI=1S/C18H26N2O3/c1-3-18(23-13(2)21)10-8-16(9-11-18)22-12-14-4-6-15(7-5-14)17(19)20/h4-7,16H,3,8-12H2,1-2H3,(H3,19,20). The Morgan fingerprint density at radius 2 is 1.91 bits per heavy atom. The van der Waals surface area contributed by atoms with Crippen molar-refractivity contribution in [3.05, 3.63) is 35.4 Å². The van der Waals surface area contributed by atoms with Crippen molar-refractivity contribution in [3.8, 4) is 0 Å². The lowest BCUT2D eigenvalue weighted by atomic mass is 9.81. The highest BCUT2D eigenvalue weighted by Crippen LogP contribution is 2.36. The number of ether oxygens (including phenoxy) is 2. The van der Waals surface area contributed by atoms with Gasteiger partial charge in [0, 0.05) is 12.5 Å². The van der Waals surface area contributed by atoms with Gasteiger partial charge in [0.05, 0.1) is 12.7 Å². The van der Waals surface area contributed by atoms with E-state index in [0.717, 1.165) is 43.2 Å². The number of nitrogens with one attached hydrogen (secondary N) is 1. The van der Waals surface area contributed by atoms with E-state index in [1.165, 1.54) is 6.92 Å². The molecule has 126 valence electrons. The molecule has 0 heterocycles. The van der Waals surface area contributed by atoms with E-state index in [1.807, 2.05) is 24.3 Å². The Morgan fingerprint density at radius 1 is 1.30 bits per heavy atom. The summed E-state index contributed by atoms with van der Waals surface area (Å²) in [6.07, 6.45) is 4.59. The Morgan fingerprint density at radius 3 is 2.39 bits per heavy atom. The number of nitrogen functional groups attached to an aromatic ring is 1. The van der Waals surface area contributed by atoms with Crippen LogP contribution >= 0.6 is 0 Å². The topological polar surface area (TPSA) is 85.4 Å². The van der Waals surface area contributed by atoms with Gasteiger partial charge >= 0.3 is 5.97 Å². The van der Waals surface area contributed by atoms with Gasteiger partial charge in [0.25, 0.3) is 0 Å². The predicted octanol–water partition coefficient (Wildman–Crippen LogP) is 3.14. The van der Waals surface area contributed by atoms with Gasteiger partial charge in [0.1, 0.15) is 11.4 Å². The third kappa shape index (κ3) is 4.79. The van der Waals surface area contributed by atoms with Gasteiger partial charge in [-0.3, -0.25) is 10.2 Å². The molecule has 0 radical (unpaired) electrons. The fourth-order valence-electron chi connectivity index (χ4n) is 3.11. The van der Waals surface area contributed by atoms with E-state index in [2.05, 4.69) is 6.92 Å². The number of amidine groups is 1. The van der Waals surface area contributed by atoms with Crippen LogP contribution in [0, 0.1) is 5.41 Å². The van der Waals surface area contributed by atoms with Crippen molar-refractivity contribution in [2.75, 3.05) is 0 Å². The number of rotatable bonds is 6. The molecule has 3 N–H and O–H groups in total. The summed E-state index contributed by atoms with van der Waals surface area (Å²) in [5.41, 5.74) is 6.94. The third-order valence-electron chi connectivity index (χ3n) is 4.60.